The summed E-state index contributed by atoms with van der Waals surface area (Å²) in [4.78, 5) is 11.7. The highest BCUT2D eigenvalue weighted by molar-refractivity contribution is 6.20. The zero-order valence-corrected chi connectivity index (χ0v) is 11.8. The van der Waals surface area contributed by atoms with Gasteiger partial charge in [-0.25, -0.2) is 0 Å². The van der Waals surface area contributed by atoms with Gasteiger partial charge in [-0.2, -0.15) is 0 Å². The second-order valence-corrected chi connectivity index (χ2v) is 6.22. The Kier molecular flexibility index (Phi) is 5.77. The first-order valence-corrected chi connectivity index (χ1v) is 7.70. The zero-order chi connectivity index (χ0) is 12.8. The predicted octanol–water partition coefficient (Wildman–Crippen LogP) is 2.86. The molecule has 18 heavy (non-hydrogen) atoms. The van der Waals surface area contributed by atoms with Crippen molar-refractivity contribution in [2.75, 3.05) is 13.2 Å². The largest absolute Gasteiger partial charge is 0.378 e. The minimum absolute atomic E-state index is 0.169. The molecule has 4 heteroatoms. The molecule has 3 nitrogen and oxygen atoms in total. The first-order chi connectivity index (χ1) is 8.74. The standard InChI is InChI=1S/C14H24ClNO2/c15-12-4-1-3-11(9-12)10-16-14(17)7-6-13-5-2-8-18-13/h11-13H,1-10H2,(H,16,17). The van der Waals surface area contributed by atoms with Crippen LogP contribution in [0.3, 0.4) is 0 Å². The normalized spacial score (nSPS) is 32.4. The van der Waals surface area contributed by atoms with Crippen LogP contribution in [0.2, 0.25) is 0 Å². The summed E-state index contributed by atoms with van der Waals surface area (Å²) >= 11 is 6.14. The smallest absolute Gasteiger partial charge is 0.220 e. The van der Waals surface area contributed by atoms with Gasteiger partial charge >= 0.3 is 0 Å². The second-order valence-electron chi connectivity index (χ2n) is 5.61. The van der Waals surface area contributed by atoms with E-state index in [1.165, 1.54) is 12.8 Å². The number of nitrogens with one attached hydrogen (secondary N) is 1. The Hall–Kier alpha value is -0.280. The van der Waals surface area contributed by atoms with Crippen LogP contribution in [-0.2, 0) is 9.53 Å². The summed E-state index contributed by atoms with van der Waals surface area (Å²) in [6, 6.07) is 0. The van der Waals surface area contributed by atoms with Crippen molar-refractivity contribution in [2.45, 2.75) is 62.8 Å². The topological polar surface area (TPSA) is 38.3 Å². The molecule has 0 aromatic carbocycles. The molecule has 1 N–H and O–H groups in total. The molecule has 0 aromatic rings. The van der Waals surface area contributed by atoms with Crippen molar-refractivity contribution >= 4 is 17.5 Å². The highest BCUT2D eigenvalue weighted by atomic mass is 35.5. The number of amides is 1. The summed E-state index contributed by atoms with van der Waals surface area (Å²) in [6.45, 7) is 1.67. The quantitative estimate of drug-likeness (QED) is 0.783. The summed E-state index contributed by atoms with van der Waals surface area (Å²) in [6.07, 6.45) is 8.63. The van der Waals surface area contributed by atoms with E-state index in [9.17, 15) is 4.79 Å². The summed E-state index contributed by atoms with van der Waals surface area (Å²) < 4.78 is 5.51. The summed E-state index contributed by atoms with van der Waals surface area (Å²) in [5.41, 5.74) is 0. The van der Waals surface area contributed by atoms with Crippen molar-refractivity contribution in [3.63, 3.8) is 0 Å². The van der Waals surface area contributed by atoms with Crippen molar-refractivity contribution < 1.29 is 9.53 Å². The number of rotatable bonds is 5. The lowest BCUT2D eigenvalue weighted by Crippen LogP contribution is -2.32. The Morgan fingerprint density at radius 2 is 2.17 bits per heavy atom. The van der Waals surface area contributed by atoms with Gasteiger partial charge in [0.15, 0.2) is 0 Å². The SMILES string of the molecule is O=C(CCC1CCCO1)NCC1CCCC(Cl)C1. The Morgan fingerprint density at radius 1 is 1.28 bits per heavy atom. The van der Waals surface area contributed by atoms with Crippen LogP contribution in [0.4, 0.5) is 0 Å². The fourth-order valence-corrected chi connectivity index (χ4v) is 3.33. The second kappa shape index (κ2) is 7.34. The number of hydrogen-bond donors (Lipinski definition) is 1. The highest BCUT2D eigenvalue weighted by Crippen LogP contribution is 2.27. The number of alkyl halides is 1. The maximum Gasteiger partial charge on any atom is 0.220 e. The van der Waals surface area contributed by atoms with Crippen molar-refractivity contribution in [1.29, 1.82) is 0 Å². The minimum Gasteiger partial charge on any atom is -0.378 e. The predicted molar refractivity (Wildman–Crippen MR) is 72.8 cm³/mol. The fraction of sp³-hybridized carbons (Fsp3) is 0.929. The van der Waals surface area contributed by atoms with E-state index in [1.807, 2.05) is 0 Å². The van der Waals surface area contributed by atoms with Crippen LogP contribution in [-0.4, -0.2) is 30.5 Å². The van der Waals surface area contributed by atoms with Gasteiger partial charge in [0.05, 0.1) is 6.10 Å². The fourth-order valence-electron chi connectivity index (χ4n) is 2.92. The lowest BCUT2D eigenvalue weighted by molar-refractivity contribution is -0.121. The number of carbonyl (C=O) groups excluding carboxylic acids is 1. The van der Waals surface area contributed by atoms with E-state index in [0.29, 0.717) is 23.8 Å². The third kappa shape index (κ3) is 4.77. The Balaban J connectivity index is 1.56. The molecule has 0 spiro atoms. The van der Waals surface area contributed by atoms with Crippen LogP contribution in [0.5, 0.6) is 0 Å². The molecule has 2 fully saturated rings. The van der Waals surface area contributed by atoms with Crippen LogP contribution >= 0.6 is 11.6 Å². The molecule has 2 rings (SSSR count). The molecule has 1 saturated heterocycles. The Bertz CT molecular complexity index is 267. The van der Waals surface area contributed by atoms with E-state index in [-0.39, 0.29) is 5.91 Å². The molecule has 0 radical (unpaired) electrons. The molecule has 104 valence electrons. The highest BCUT2D eigenvalue weighted by Gasteiger charge is 2.21. The third-order valence-electron chi connectivity index (χ3n) is 4.02. The van der Waals surface area contributed by atoms with Gasteiger partial charge in [0.1, 0.15) is 0 Å². The number of halogens is 1. The molecule has 1 aliphatic carbocycles. The van der Waals surface area contributed by atoms with E-state index in [2.05, 4.69) is 5.32 Å². The first kappa shape index (κ1) is 14.1. The Labute approximate surface area is 115 Å². The first-order valence-electron chi connectivity index (χ1n) is 7.26. The lowest BCUT2D eigenvalue weighted by Gasteiger charge is -2.25. The zero-order valence-electron chi connectivity index (χ0n) is 11.0. The molecule has 3 atom stereocenters. The molecule has 1 aliphatic heterocycles. The van der Waals surface area contributed by atoms with Gasteiger partial charge in [0.2, 0.25) is 5.91 Å². The van der Waals surface area contributed by atoms with E-state index in [0.717, 1.165) is 45.3 Å². The van der Waals surface area contributed by atoms with Crippen LogP contribution in [0.15, 0.2) is 0 Å². The molecule has 0 aromatic heterocycles. The molecular formula is C14H24ClNO2. The van der Waals surface area contributed by atoms with Crippen molar-refractivity contribution in [3.05, 3.63) is 0 Å². The van der Waals surface area contributed by atoms with Gasteiger partial charge < -0.3 is 10.1 Å². The van der Waals surface area contributed by atoms with Gasteiger partial charge in [-0.1, -0.05) is 6.42 Å². The average Bonchev–Trinajstić information content (AvgIpc) is 2.87. The van der Waals surface area contributed by atoms with Crippen LogP contribution in [0, 0.1) is 5.92 Å². The number of carbonyl (C=O) groups is 1. The molecule has 3 unspecified atom stereocenters. The van der Waals surface area contributed by atoms with Crippen LogP contribution in [0.1, 0.15) is 51.4 Å². The average molecular weight is 274 g/mol. The lowest BCUT2D eigenvalue weighted by atomic mass is 9.89. The number of ether oxygens (including phenoxy) is 1. The maximum absolute atomic E-state index is 11.7. The summed E-state index contributed by atoms with van der Waals surface area (Å²) in [5.74, 6) is 0.745. The van der Waals surface area contributed by atoms with Gasteiger partial charge in [-0.15, -0.1) is 11.6 Å². The molecule has 1 saturated carbocycles. The molecule has 2 aliphatic rings. The van der Waals surface area contributed by atoms with Crippen LogP contribution < -0.4 is 5.32 Å². The summed E-state index contributed by atoms with van der Waals surface area (Å²) in [7, 11) is 0. The third-order valence-corrected chi connectivity index (χ3v) is 4.42. The van der Waals surface area contributed by atoms with Crippen molar-refractivity contribution in [3.8, 4) is 0 Å². The number of hydrogen-bond acceptors (Lipinski definition) is 2. The van der Waals surface area contributed by atoms with Crippen LogP contribution in [0.25, 0.3) is 0 Å². The molecule has 1 heterocycles. The monoisotopic (exact) mass is 273 g/mol. The Morgan fingerprint density at radius 3 is 2.89 bits per heavy atom. The van der Waals surface area contributed by atoms with E-state index in [4.69, 9.17) is 16.3 Å². The minimum atomic E-state index is 0.169. The van der Waals surface area contributed by atoms with E-state index < -0.39 is 0 Å². The van der Waals surface area contributed by atoms with E-state index in [1.54, 1.807) is 0 Å². The molecular weight excluding hydrogens is 250 g/mol. The van der Waals surface area contributed by atoms with Gasteiger partial charge in [0, 0.05) is 24.9 Å². The summed E-state index contributed by atoms with van der Waals surface area (Å²) in [5, 5.41) is 3.36. The van der Waals surface area contributed by atoms with Crippen molar-refractivity contribution in [2.24, 2.45) is 5.92 Å². The maximum atomic E-state index is 11.7. The van der Waals surface area contributed by atoms with E-state index >= 15 is 0 Å². The molecule has 0 bridgehead atoms. The van der Waals surface area contributed by atoms with Gasteiger partial charge in [0.25, 0.3) is 0 Å². The van der Waals surface area contributed by atoms with Crippen molar-refractivity contribution in [1.82, 2.24) is 5.32 Å². The van der Waals surface area contributed by atoms with Gasteiger partial charge in [-0.05, 0) is 44.4 Å². The molecule has 1 amide bonds. The van der Waals surface area contributed by atoms with Gasteiger partial charge in [-0.3, -0.25) is 4.79 Å².